The Kier molecular flexibility index (Phi) is 6.03. The second kappa shape index (κ2) is 7.54. The third-order valence-electron chi connectivity index (χ3n) is 2.88. The monoisotopic (exact) mass is 263 g/mol. The van der Waals surface area contributed by atoms with Gasteiger partial charge >= 0.3 is 0 Å². The van der Waals surface area contributed by atoms with Crippen molar-refractivity contribution < 1.29 is 4.74 Å². The van der Waals surface area contributed by atoms with Crippen molar-refractivity contribution in [2.75, 3.05) is 37.4 Å². The van der Waals surface area contributed by atoms with Crippen LogP contribution in [-0.2, 0) is 11.2 Å². The van der Waals surface area contributed by atoms with Crippen molar-refractivity contribution in [1.29, 1.82) is 5.26 Å². The fourth-order valence-corrected chi connectivity index (χ4v) is 1.74. The van der Waals surface area contributed by atoms with E-state index in [1.807, 2.05) is 18.7 Å². The van der Waals surface area contributed by atoms with Crippen LogP contribution in [0.2, 0.25) is 0 Å². The Balaban J connectivity index is 3.05. The lowest BCUT2D eigenvalue weighted by Crippen LogP contribution is -2.30. The second-order valence-electron chi connectivity index (χ2n) is 4.22. The Morgan fingerprint density at radius 1 is 1.37 bits per heavy atom. The molecule has 19 heavy (non-hydrogen) atoms. The van der Waals surface area contributed by atoms with Crippen LogP contribution in [0, 0.1) is 18.3 Å². The predicted molar refractivity (Wildman–Crippen MR) is 74.9 cm³/mol. The first-order valence-electron chi connectivity index (χ1n) is 6.37. The first-order chi connectivity index (χ1) is 9.13. The predicted octanol–water partition coefficient (Wildman–Crippen LogP) is 1.30. The molecule has 0 amide bonds. The molecule has 0 saturated heterocycles. The summed E-state index contributed by atoms with van der Waals surface area (Å²) in [5, 5.41) is 8.75. The van der Waals surface area contributed by atoms with Crippen molar-refractivity contribution in [3.63, 3.8) is 0 Å². The van der Waals surface area contributed by atoms with Crippen LogP contribution in [0.5, 0.6) is 0 Å². The van der Waals surface area contributed by atoms with E-state index in [0.717, 1.165) is 23.6 Å². The average molecular weight is 263 g/mol. The normalized spacial score (nSPS) is 10.2. The van der Waals surface area contributed by atoms with Gasteiger partial charge in [-0.3, -0.25) is 0 Å². The van der Waals surface area contributed by atoms with E-state index in [4.69, 9.17) is 15.7 Å². The first-order valence-corrected chi connectivity index (χ1v) is 6.37. The number of rotatable bonds is 7. The molecule has 1 aromatic rings. The highest BCUT2D eigenvalue weighted by Gasteiger charge is 2.14. The van der Waals surface area contributed by atoms with Crippen molar-refractivity contribution in [2.45, 2.75) is 26.7 Å². The fraction of sp³-hybridized carbons (Fsp3) is 0.615. The van der Waals surface area contributed by atoms with Crippen LogP contribution in [0.3, 0.4) is 0 Å². The largest absolute Gasteiger partial charge is 0.383 e. The van der Waals surface area contributed by atoms with E-state index in [1.165, 1.54) is 0 Å². The highest BCUT2D eigenvalue weighted by Crippen LogP contribution is 2.21. The maximum absolute atomic E-state index is 8.75. The minimum Gasteiger partial charge on any atom is -0.383 e. The third-order valence-corrected chi connectivity index (χ3v) is 2.88. The van der Waals surface area contributed by atoms with Crippen LogP contribution in [0.1, 0.15) is 24.7 Å². The van der Waals surface area contributed by atoms with Gasteiger partial charge < -0.3 is 15.4 Å². The Morgan fingerprint density at radius 3 is 2.68 bits per heavy atom. The Morgan fingerprint density at radius 2 is 2.11 bits per heavy atom. The van der Waals surface area contributed by atoms with Crippen LogP contribution in [0.15, 0.2) is 0 Å². The highest BCUT2D eigenvalue weighted by atomic mass is 16.5. The van der Waals surface area contributed by atoms with E-state index in [9.17, 15) is 0 Å². The van der Waals surface area contributed by atoms with E-state index < -0.39 is 0 Å². The number of nitrogens with two attached hydrogens (primary N) is 1. The number of anilines is 2. The Labute approximate surface area is 114 Å². The molecule has 2 N–H and O–H groups in total. The Hall–Kier alpha value is -1.87. The van der Waals surface area contributed by atoms with Crippen molar-refractivity contribution in [2.24, 2.45) is 0 Å². The van der Waals surface area contributed by atoms with E-state index in [0.29, 0.717) is 31.9 Å². The van der Waals surface area contributed by atoms with E-state index in [2.05, 4.69) is 16.0 Å². The van der Waals surface area contributed by atoms with E-state index in [-0.39, 0.29) is 0 Å². The van der Waals surface area contributed by atoms with Gasteiger partial charge in [-0.1, -0.05) is 6.92 Å². The molecule has 0 fully saturated rings. The maximum Gasteiger partial charge on any atom is 0.137 e. The van der Waals surface area contributed by atoms with Crippen LogP contribution < -0.4 is 10.6 Å². The zero-order chi connectivity index (χ0) is 14.3. The summed E-state index contributed by atoms with van der Waals surface area (Å²) >= 11 is 0. The molecule has 6 heteroatoms. The number of aryl methyl sites for hydroxylation is 1. The average Bonchev–Trinajstić information content (AvgIpc) is 2.42. The number of ether oxygens (including phenoxy) is 1. The number of nitriles is 1. The summed E-state index contributed by atoms with van der Waals surface area (Å²) in [5.74, 6) is 2.02. The van der Waals surface area contributed by atoms with Gasteiger partial charge in [-0.05, 0) is 6.92 Å². The lowest BCUT2D eigenvalue weighted by atomic mass is 10.2. The van der Waals surface area contributed by atoms with Gasteiger partial charge in [0.25, 0.3) is 0 Å². The number of hydrogen-bond donors (Lipinski definition) is 1. The van der Waals surface area contributed by atoms with Gasteiger partial charge in [-0.2, -0.15) is 5.26 Å². The zero-order valence-electron chi connectivity index (χ0n) is 11.8. The molecule has 0 radical (unpaired) electrons. The van der Waals surface area contributed by atoms with Crippen LogP contribution >= 0.6 is 0 Å². The van der Waals surface area contributed by atoms with Gasteiger partial charge in [0.1, 0.15) is 17.5 Å². The molecule has 0 unspecified atom stereocenters. The third kappa shape index (κ3) is 4.07. The molecule has 1 rings (SSSR count). The number of nitrogens with zero attached hydrogens (tertiary/aromatic N) is 4. The summed E-state index contributed by atoms with van der Waals surface area (Å²) in [5.41, 5.74) is 6.77. The maximum atomic E-state index is 8.75. The highest BCUT2D eigenvalue weighted by molar-refractivity contribution is 5.56. The number of hydrogen-bond acceptors (Lipinski definition) is 6. The first kappa shape index (κ1) is 15.2. The molecule has 0 spiro atoms. The molecule has 104 valence electrons. The molecule has 0 aliphatic heterocycles. The summed E-state index contributed by atoms with van der Waals surface area (Å²) in [6, 6.07) is 2.15. The smallest absolute Gasteiger partial charge is 0.137 e. The Bertz CT molecular complexity index is 455. The van der Waals surface area contributed by atoms with Gasteiger partial charge in [-0.15, -0.1) is 0 Å². The molecule has 6 nitrogen and oxygen atoms in total. The lowest BCUT2D eigenvalue weighted by Gasteiger charge is -2.24. The second-order valence-corrected chi connectivity index (χ2v) is 4.22. The molecule has 1 heterocycles. The standard InChI is InChI=1S/C13H21N5O/c1-4-11-16-12(15)10(2)13(17-11)18(7-5-6-14)8-9-19-3/h4-5,7-9H2,1-3H3,(H2,15,16,17). The molecular weight excluding hydrogens is 242 g/mol. The van der Waals surface area contributed by atoms with Crippen LogP contribution in [0.25, 0.3) is 0 Å². The topological polar surface area (TPSA) is 88.1 Å². The molecule has 0 saturated carbocycles. The zero-order valence-corrected chi connectivity index (χ0v) is 11.8. The van der Waals surface area contributed by atoms with Crippen molar-refractivity contribution in [1.82, 2.24) is 9.97 Å². The van der Waals surface area contributed by atoms with Gasteiger partial charge in [0.15, 0.2) is 0 Å². The minimum absolute atomic E-state index is 0.439. The summed E-state index contributed by atoms with van der Waals surface area (Å²) in [7, 11) is 1.65. The summed E-state index contributed by atoms with van der Waals surface area (Å²) in [6.07, 6.45) is 1.17. The van der Waals surface area contributed by atoms with Gasteiger partial charge in [-0.25, -0.2) is 9.97 Å². The molecule has 0 atom stereocenters. The number of nitrogen functional groups attached to an aromatic ring is 1. The van der Waals surface area contributed by atoms with Crippen molar-refractivity contribution in [3.05, 3.63) is 11.4 Å². The summed E-state index contributed by atoms with van der Waals surface area (Å²) < 4.78 is 5.10. The van der Waals surface area contributed by atoms with Crippen LogP contribution in [0.4, 0.5) is 11.6 Å². The molecule has 1 aromatic heterocycles. The number of methoxy groups -OCH3 is 1. The number of aromatic nitrogens is 2. The van der Waals surface area contributed by atoms with E-state index in [1.54, 1.807) is 7.11 Å². The molecule has 0 aliphatic rings. The molecule has 0 aromatic carbocycles. The summed E-state index contributed by atoms with van der Waals surface area (Å²) in [6.45, 7) is 5.76. The summed E-state index contributed by atoms with van der Waals surface area (Å²) in [4.78, 5) is 10.8. The molecular formula is C13H21N5O. The minimum atomic E-state index is 0.439. The molecule has 0 bridgehead atoms. The lowest BCUT2D eigenvalue weighted by molar-refractivity contribution is 0.205. The van der Waals surface area contributed by atoms with Gasteiger partial charge in [0.05, 0.1) is 19.1 Å². The van der Waals surface area contributed by atoms with E-state index >= 15 is 0 Å². The van der Waals surface area contributed by atoms with Crippen molar-refractivity contribution >= 4 is 11.6 Å². The molecule has 0 aliphatic carbocycles. The SMILES string of the molecule is CCc1nc(N)c(C)c(N(CCC#N)CCOC)n1. The van der Waals surface area contributed by atoms with Gasteiger partial charge in [0, 0.05) is 32.2 Å². The quantitative estimate of drug-likeness (QED) is 0.797. The fourth-order valence-electron chi connectivity index (χ4n) is 1.74. The van der Waals surface area contributed by atoms with Crippen LogP contribution in [-0.4, -0.2) is 36.8 Å². The van der Waals surface area contributed by atoms with Gasteiger partial charge in [0.2, 0.25) is 0 Å². The van der Waals surface area contributed by atoms with Crippen molar-refractivity contribution in [3.8, 4) is 6.07 Å².